The maximum atomic E-state index is 13.3. The van der Waals surface area contributed by atoms with Gasteiger partial charge in [-0.05, 0) is 65.8 Å². The second-order valence-electron chi connectivity index (χ2n) is 7.54. The molecule has 138 valence electrons. The third kappa shape index (κ3) is 4.31. The second-order valence-corrected chi connectivity index (χ2v) is 7.54. The van der Waals surface area contributed by atoms with Crippen LogP contribution in [0.15, 0.2) is 48.5 Å². The summed E-state index contributed by atoms with van der Waals surface area (Å²) in [5.41, 5.74) is 2.71. The fraction of sp³-hybridized carbons (Fsp3) is 0.364. The third-order valence-corrected chi connectivity index (χ3v) is 4.17. The summed E-state index contributed by atoms with van der Waals surface area (Å²) in [5, 5.41) is 3.11. The number of aryl methyl sites for hydroxylation is 2. The standard InChI is InChI=1S/C22H28N2O2/c1-7-23(20(25)18-13-11-16(2)12-14-18)24(22(4,5)6)21(26)19-10-8-9-17(3)15-19/h8-15H,7H2,1-6H3. The number of carbonyl (C=O) groups excluding carboxylic acids is 2. The molecule has 0 atom stereocenters. The lowest BCUT2D eigenvalue weighted by atomic mass is 10.0. The van der Waals surface area contributed by atoms with Crippen molar-refractivity contribution in [3.8, 4) is 0 Å². The molecule has 2 aromatic rings. The lowest BCUT2D eigenvalue weighted by Crippen LogP contribution is -2.58. The number of amides is 2. The van der Waals surface area contributed by atoms with Gasteiger partial charge in [-0.3, -0.25) is 9.59 Å². The highest BCUT2D eigenvalue weighted by molar-refractivity contribution is 5.99. The van der Waals surface area contributed by atoms with Crippen LogP contribution < -0.4 is 0 Å². The molecule has 0 N–H and O–H groups in total. The van der Waals surface area contributed by atoms with E-state index in [4.69, 9.17) is 0 Å². The quantitative estimate of drug-likeness (QED) is 0.756. The summed E-state index contributed by atoms with van der Waals surface area (Å²) < 4.78 is 0. The molecule has 0 radical (unpaired) electrons. The van der Waals surface area contributed by atoms with Crippen LogP contribution in [0.3, 0.4) is 0 Å². The van der Waals surface area contributed by atoms with Crippen LogP contribution in [0, 0.1) is 13.8 Å². The molecule has 0 fully saturated rings. The zero-order valence-electron chi connectivity index (χ0n) is 16.5. The molecule has 2 aromatic carbocycles. The van der Waals surface area contributed by atoms with Gasteiger partial charge in [-0.2, -0.15) is 0 Å². The van der Waals surface area contributed by atoms with Gasteiger partial charge in [0.25, 0.3) is 11.8 Å². The van der Waals surface area contributed by atoms with Gasteiger partial charge in [0.15, 0.2) is 0 Å². The lowest BCUT2D eigenvalue weighted by molar-refractivity contribution is -0.0410. The predicted octanol–water partition coefficient (Wildman–Crippen LogP) is 4.62. The van der Waals surface area contributed by atoms with Crippen LogP contribution in [0.2, 0.25) is 0 Å². The molecule has 0 saturated carbocycles. The molecule has 0 saturated heterocycles. The Morgan fingerprint density at radius 3 is 1.96 bits per heavy atom. The van der Waals surface area contributed by atoms with Crippen molar-refractivity contribution in [1.82, 2.24) is 10.0 Å². The Morgan fingerprint density at radius 1 is 0.846 bits per heavy atom. The van der Waals surface area contributed by atoms with Crippen molar-refractivity contribution in [2.75, 3.05) is 6.54 Å². The molecule has 0 heterocycles. The Balaban J connectivity index is 2.45. The average Bonchev–Trinajstić information content (AvgIpc) is 2.58. The van der Waals surface area contributed by atoms with Crippen molar-refractivity contribution in [2.24, 2.45) is 0 Å². The van der Waals surface area contributed by atoms with Crippen molar-refractivity contribution >= 4 is 11.8 Å². The van der Waals surface area contributed by atoms with Crippen LogP contribution >= 0.6 is 0 Å². The summed E-state index contributed by atoms with van der Waals surface area (Å²) in [7, 11) is 0. The molecule has 0 spiro atoms. The topological polar surface area (TPSA) is 40.6 Å². The molecule has 0 unspecified atom stereocenters. The van der Waals surface area contributed by atoms with E-state index in [0.717, 1.165) is 11.1 Å². The predicted molar refractivity (Wildman–Crippen MR) is 105 cm³/mol. The van der Waals surface area contributed by atoms with E-state index in [1.165, 1.54) is 5.01 Å². The van der Waals surface area contributed by atoms with Gasteiger partial charge in [0, 0.05) is 17.7 Å². The van der Waals surface area contributed by atoms with Crippen molar-refractivity contribution in [1.29, 1.82) is 0 Å². The van der Waals surface area contributed by atoms with Gasteiger partial charge in [0.1, 0.15) is 0 Å². The SMILES string of the molecule is CCN(C(=O)c1ccc(C)cc1)N(C(=O)c1cccc(C)c1)C(C)(C)C. The van der Waals surface area contributed by atoms with Gasteiger partial charge in [0.05, 0.1) is 5.54 Å². The first-order valence-corrected chi connectivity index (χ1v) is 8.95. The summed E-state index contributed by atoms with van der Waals surface area (Å²) in [6.45, 7) is 12.0. The molecular formula is C22H28N2O2. The van der Waals surface area contributed by atoms with Crippen molar-refractivity contribution in [3.05, 3.63) is 70.8 Å². The van der Waals surface area contributed by atoms with Crippen molar-refractivity contribution in [3.63, 3.8) is 0 Å². The van der Waals surface area contributed by atoms with Crippen LogP contribution in [0.1, 0.15) is 59.5 Å². The van der Waals surface area contributed by atoms with Gasteiger partial charge in [-0.25, -0.2) is 10.0 Å². The Bertz CT molecular complexity index is 789. The van der Waals surface area contributed by atoms with E-state index in [1.54, 1.807) is 23.2 Å². The Kier molecular flexibility index (Phi) is 5.86. The molecule has 0 aliphatic carbocycles. The second kappa shape index (κ2) is 7.73. The molecule has 0 aliphatic rings. The highest BCUT2D eigenvalue weighted by atomic mass is 16.2. The van der Waals surface area contributed by atoms with Crippen molar-refractivity contribution in [2.45, 2.75) is 47.1 Å². The van der Waals surface area contributed by atoms with E-state index in [1.807, 2.05) is 71.9 Å². The van der Waals surface area contributed by atoms with E-state index >= 15 is 0 Å². The monoisotopic (exact) mass is 352 g/mol. The summed E-state index contributed by atoms with van der Waals surface area (Å²) in [6, 6.07) is 14.9. The number of hydrogen-bond donors (Lipinski definition) is 0. The number of nitrogens with zero attached hydrogens (tertiary/aromatic N) is 2. The van der Waals surface area contributed by atoms with E-state index in [9.17, 15) is 9.59 Å². The van der Waals surface area contributed by atoms with Crippen LogP contribution in [-0.2, 0) is 0 Å². The highest BCUT2D eigenvalue weighted by Crippen LogP contribution is 2.22. The average molecular weight is 352 g/mol. The van der Waals surface area contributed by atoms with Crippen molar-refractivity contribution < 1.29 is 9.59 Å². The maximum Gasteiger partial charge on any atom is 0.272 e. The van der Waals surface area contributed by atoms with Gasteiger partial charge >= 0.3 is 0 Å². The minimum atomic E-state index is -0.544. The van der Waals surface area contributed by atoms with E-state index in [-0.39, 0.29) is 11.8 Å². The molecule has 26 heavy (non-hydrogen) atoms. The zero-order valence-corrected chi connectivity index (χ0v) is 16.5. The normalized spacial score (nSPS) is 11.2. The van der Waals surface area contributed by atoms with Gasteiger partial charge in [-0.1, -0.05) is 35.4 Å². The van der Waals surface area contributed by atoms with E-state index < -0.39 is 5.54 Å². The Morgan fingerprint density at radius 2 is 1.46 bits per heavy atom. The zero-order chi connectivity index (χ0) is 19.5. The minimum Gasteiger partial charge on any atom is -0.267 e. The summed E-state index contributed by atoms with van der Waals surface area (Å²) in [6.07, 6.45) is 0. The van der Waals surface area contributed by atoms with Gasteiger partial charge in [0.2, 0.25) is 0 Å². The lowest BCUT2D eigenvalue weighted by Gasteiger charge is -2.43. The summed E-state index contributed by atoms with van der Waals surface area (Å²) in [4.78, 5) is 26.4. The first kappa shape index (κ1) is 19.7. The summed E-state index contributed by atoms with van der Waals surface area (Å²) in [5.74, 6) is -0.355. The van der Waals surface area contributed by atoms with Crippen LogP contribution in [0.25, 0.3) is 0 Å². The minimum absolute atomic E-state index is 0.177. The van der Waals surface area contributed by atoms with Crippen LogP contribution in [0.4, 0.5) is 0 Å². The Hall–Kier alpha value is -2.62. The summed E-state index contributed by atoms with van der Waals surface area (Å²) >= 11 is 0. The number of benzene rings is 2. The molecule has 0 bridgehead atoms. The molecule has 2 rings (SSSR count). The molecule has 0 aliphatic heterocycles. The molecule has 0 aromatic heterocycles. The first-order valence-electron chi connectivity index (χ1n) is 8.95. The Labute approximate surface area is 156 Å². The smallest absolute Gasteiger partial charge is 0.267 e. The molecule has 4 heteroatoms. The largest absolute Gasteiger partial charge is 0.272 e. The first-order chi connectivity index (χ1) is 12.1. The molecule has 4 nitrogen and oxygen atoms in total. The maximum absolute atomic E-state index is 13.3. The number of rotatable bonds is 3. The fourth-order valence-corrected chi connectivity index (χ4v) is 2.90. The number of hydrazine groups is 1. The molecular weight excluding hydrogens is 324 g/mol. The van der Waals surface area contributed by atoms with E-state index in [2.05, 4.69) is 0 Å². The van der Waals surface area contributed by atoms with Gasteiger partial charge in [-0.15, -0.1) is 0 Å². The van der Waals surface area contributed by atoms with Crippen LogP contribution in [-0.4, -0.2) is 33.9 Å². The molecule has 2 amide bonds. The highest BCUT2D eigenvalue weighted by Gasteiger charge is 2.35. The van der Waals surface area contributed by atoms with Crippen LogP contribution in [0.5, 0.6) is 0 Å². The number of carbonyl (C=O) groups is 2. The number of hydrogen-bond acceptors (Lipinski definition) is 2. The van der Waals surface area contributed by atoms with Gasteiger partial charge < -0.3 is 0 Å². The van der Waals surface area contributed by atoms with E-state index in [0.29, 0.717) is 17.7 Å². The fourth-order valence-electron chi connectivity index (χ4n) is 2.90. The third-order valence-electron chi connectivity index (χ3n) is 4.17.